The van der Waals surface area contributed by atoms with Crippen molar-refractivity contribution in [2.24, 2.45) is 10.9 Å². The second kappa shape index (κ2) is 13.3. The van der Waals surface area contributed by atoms with Gasteiger partial charge in [0.05, 0.1) is 6.54 Å². The summed E-state index contributed by atoms with van der Waals surface area (Å²) in [4.78, 5) is 21.6. The van der Waals surface area contributed by atoms with Gasteiger partial charge >= 0.3 is 0 Å². The van der Waals surface area contributed by atoms with E-state index in [4.69, 9.17) is 4.99 Å². The molecule has 1 atom stereocenters. The number of likely N-dealkylation sites (N-methyl/N-ethyl adjacent to an activating group) is 1. The van der Waals surface area contributed by atoms with Gasteiger partial charge in [0.1, 0.15) is 0 Å². The largest absolute Gasteiger partial charge is 0.359 e. The van der Waals surface area contributed by atoms with Gasteiger partial charge in [-0.3, -0.25) is 14.7 Å². The zero-order chi connectivity index (χ0) is 21.8. The molecule has 0 aliphatic carbocycles. The van der Waals surface area contributed by atoms with Gasteiger partial charge in [0.2, 0.25) is 5.91 Å². The van der Waals surface area contributed by atoms with Crippen molar-refractivity contribution >= 4 is 11.9 Å². The van der Waals surface area contributed by atoms with Gasteiger partial charge in [-0.25, -0.2) is 0 Å². The first kappa shape index (κ1) is 24.2. The summed E-state index contributed by atoms with van der Waals surface area (Å²) in [6.45, 7) is 12.2. The lowest BCUT2D eigenvalue weighted by Crippen LogP contribution is -2.47. The zero-order valence-electron chi connectivity index (χ0n) is 19.4. The van der Waals surface area contributed by atoms with Crippen LogP contribution in [-0.4, -0.2) is 74.0 Å². The van der Waals surface area contributed by atoms with Crippen LogP contribution in [0.1, 0.15) is 45.6 Å². The number of rotatable bonds is 10. The molecule has 30 heavy (non-hydrogen) atoms. The lowest BCUT2D eigenvalue weighted by atomic mass is 9.93. The van der Waals surface area contributed by atoms with Crippen molar-refractivity contribution in [1.29, 1.82) is 0 Å². The predicted octanol–water partition coefficient (Wildman–Crippen LogP) is 2.75. The molecule has 1 saturated heterocycles. The Hall–Kier alpha value is -2.08. The van der Waals surface area contributed by atoms with E-state index in [1.165, 1.54) is 5.56 Å². The van der Waals surface area contributed by atoms with Gasteiger partial charge in [-0.05, 0) is 50.8 Å². The van der Waals surface area contributed by atoms with Crippen LogP contribution in [0.2, 0.25) is 0 Å². The number of hydrogen-bond acceptors (Lipinski definition) is 3. The third kappa shape index (κ3) is 7.63. The van der Waals surface area contributed by atoms with E-state index < -0.39 is 0 Å². The molecule has 6 heteroatoms. The number of carbonyl (C=O) groups is 1. The Morgan fingerprint density at radius 1 is 1.17 bits per heavy atom. The summed E-state index contributed by atoms with van der Waals surface area (Å²) in [5.74, 6) is 1.64. The molecule has 0 radical (unpaired) electrons. The molecular weight excluding hydrogens is 374 g/mol. The number of piperidine rings is 1. The van der Waals surface area contributed by atoms with E-state index in [0.717, 1.165) is 64.5 Å². The lowest BCUT2D eigenvalue weighted by Gasteiger charge is -2.35. The third-order valence-electron chi connectivity index (χ3n) is 6.10. The van der Waals surface area contributed by atoms with Crippen LogP contribution in [0.5, 0.6) is 0 Å². The van der Waals surface area contributed by atoms with Gasteiger partial charge < -0.3 is 15.5 Å². The summed E-state index contributed by atoms with van der Waals surface area (Å²) in [6.07, 6.45) is 3.74. The van der Waals surface area contributed by atoms with E-state index >= 15 is 0 Å². The highest BCUT2D eigenvalue weighted by Crippen LogP contribution is 2.20. The SMILES string of the molecule is CCNC(=NCC(Cc1ccccc1)N(CC)CC)N1CCC(CC(=O)NC)CC1. The summed E-state index contributed by atoms with van der Waals surface area (Å²) < 4.78 is 0. The minimum atomic E-state index is 0.150. The summed E-state index contributed by atoms with van der Waals surface area (Å²) >= 11 is 0. The average Bonchev–Trinajstić information content (AvgIpc) is 2.78. The molecule has 1 heterocycles. The molecule has 1 unspecified atom stereocenters. The molecule has 1 aromatic rings. The Bertz CT molecular complexity index is 636. The molecule has 1 aliphatic rings. The molecule has 1 aromatic carbocycles. The van der Waals surface area contributed by atoms with Crippen LogP contribution in [0.15, 0.2) is 35.3 Å². The second-order valence-electron chi connectivity index (χ2n) is 8.07. The predicted molar refractivity (Wildman–Crippen MR) is 126 cm³/mol. The van der Waals surface area contributed by atoms with Crippen LogP contribution < -0.4 is 10.6 Å². The van der Waals surface area contributed by atoms with Gasteiger partial charge in [0, 0.05) is 39.1 Å². The maximum absolute atomic E-state index is 11.7. The Morgan fingerprint density at radius 2 is 1.83 bits per heavy atom. The fourth-order valence-electron chi connectivity index (χ4n) is 4.27. The fraction of sp³-hybridized carbons (Fsp3) is 0.667. The Kier molecular flexibility index (Phi) is 10.7. The molecule has 1 fully saturated rings. The van der Waals surface area contributed by atoms with Crippen molar-refractivity contribution < 1.29 is 4.79 Å². The molecule has 0 bridgehead atoms. The summed E-state index contributed by atoms with van der Waals surface area (Å²) in [6, 6.07) is 11.1. The molecule has 1 amide bonds. The van der Waals surface area contributed by atoms with Gasteiger partial charge in [0.25, 0.3) is 0 Å². The molecule has 2 rings (SSSR count). The van der Waals surface area contributed by atoms with Crippen molar-refractivity contribution in [3.8, 4) is 0 Å². The van der Waals surface area contributed by atoms with Crippen LogP contribution in [-0.2, 0) is 11.2 Å². The first-order valence-corrected chi connectivity index (χ1v) is 11.6. The van der Waals surface area contributed by atoms with E-state index in [9.17, 15) is 4.79 Å². The zero-order valence-corrected chi connectivity index (χ0v) is 19.4. The van der Waals surface area contributed by atoms with Crippen molar-refractivity contribution in [2.75, 3.05) is 46.3 Å². The molecule has 2 N–H and O–H groups in total. The number of hydrogen-bond donors (Lipinski definition) is 2. The number of aliphatic imine (C=N–C) groups is 1. The molecule has 0 saturated carbocycles. The summed E-state index contributed by atoms with van der Waals surface area (Å²) in [5.41, 5.74) is 1.37. The normalized spacial score (nSPS) is 16.6. The maximum Gasteiger partial charge on any atom is 0.220 e. The Labute approximate surface area is 183 Å². The van der Waals surface area contributed by atoms with Crippen molar-refractivity contribution in [1.82, 2.24) is 20.4 Å². The van der Waals surface area contributed by atoms with E-state index in [1.54, 1.807) is 7.05 Å². The molecule has 0 spiro atoms. The highest BCUT2D eigenvalue weighted by molar-refractivity contribution is 5.80. The van der Waals surface area contributed by atoms with Crippen molar-refractivity contribution in [3.63, 3.8) is 0 Å². The van der Waals surface area contributed by atoms with E-state index in [2.05, 4.69) is 71.5 Å². The Balaban J connectivity index is 2.03. The summed E-state index contributed by atoms with van der Waals surface area (Å²) in [5, 5.41) is 6.24. The molecule has 1 aliphatic heterocycles. The van der Waals surface area contributed by atoms with Crippen molar-refractivity contribution in [3.05, 3.63) is 35.9 Å². The first-order chi connectivity index (χ1) is 14.6. The fourth-order valence-corrected chi connectivity index (χ4v) is 4.27. The lowest BCUT2D eigenvalue weighted by molar-refractivity contribution is -0.121. The number of amides is 1. The summed E-state index contributed by atoms with van der Waals surface area (Å²) in [7, 11) is 1.72. The standard InChI is InChI=1S/C24H41N5O/c1-5-26-24(29-15-13-21(14-16-29)18-23(30)25-4)27-19-22(28(6-2)7-3)17-20-11-9-8-10-12-20/h8-12,21-22H,5-7,13-19H2,1-4H3,(H,25,30)(H,26,27). The van der Waals surface area contributed by atoms with Gasteiger partial charge in [-0.1, -0.05) is 44.2 Å². The van der Waals surface area contributed by atoms with Crippen molar-refractivity contribution in [2.45, 2.75) is 52.5 Å². The third-order valence-corrected chi connectivity index (χ3v) is 6.10. The van der Waals surface area contributed by atoms with E-state index in [-0.39, 0.29) is 5.91 Å². The van der Waals surface area contributed by atoms with Gasteiger partial charge in [-0.15, -0.1) is 0 Å². The number of likely N-dealkylation sites (tertiary alicyclic amines) is 1. The molecule has 6 nitrogen and oxygen atoms in total. The van der Waals surface area contributed by atoms with Crippen LogP contribution in [0.4, 0.5) is 0 Å². The quantitative estimate of drug-likeness (QED) is 0.456. The number of benzene rings is 1. The smallest absolute Gasteiger partial charge is 0.220 e. The minimum Gasteiger partial charge on any atom is -0.359 e. The number of nitrogens with one attached hydrogen (secondary N) is 2. The topological polar surface area (TPSA) is 60.0 Å². The van der Waals surface area contributed by atoms with Crippen LogP contribution in [0.25, 0.3) is 0 Å². The number of nitrogens with zero attached hydrogens (tertiary/aromatic N) is 3. The first-order valence-electron chi connectivity index (χ1n) is 11.6. The van der Waals surface area contributed by atoms with Gasteiger partial charge in [0.15, 0.2) is 5.96 Å². The Morgan fingerprint density at radius 3 is 2.40 bits per heavy atom. The number of carbonyl (C=O) groups excluding carboxylic acids is 1. The molecule has 168 valence electrons. The van der Waals surface area contributed by atoms with E-state index in [0.29, 0.717) is 18.4 Å². The van der Waals surface area contributed by atoms with Crippen LogP contribution >= 0.6 is 0 Å². The highest BCUT2D eigenvalue weighted by atomic mass is 16.1. The minimum absolute atomic E-state index is 0.150. The molecule has 0 aromatic heterocycles. The number of guanidine groups is 1. The van der Waals surface area contributed by atoms with Crippen LogP contribution in [0, 0.1) is 5.92 Å². The monoisotopic (exact) mass is 415 g/mol. The second-order valence-corrected chi connectivity index (χ2v) is 8.07. The maximum atomic E-state index is 11.7. The van der Waals surface area contributed by atoms with Gasteiger partial charge in [-0.2, -0.15) is 0 Å². The van der Waals surface area contributed by atoms with Crippen LogP contribution in [0.3, 0.4) is 0 Å². The molecular formula is C24H41N5O. The van der Waals surface area contributed by atoms with E-state index in [1.807, 2.05) is 0 Å². The average molecular weight is 416 g/mol. The highest BCUT2D eigenvalue weighted by Gasteiger charge is 2.24.